The summed E-state index contributed by atoms with van der Waals surface area (Å²) in [6, 6.07) is 17.1. The molecule has 3 aromatic rings. The van der Waals surface area contributed by atoms with Crippen LogP contribution < -0.4 is 10.8 Å². The molecule has 0 spiro atoms. The second-order valence-electron chi connectivity index (χ2n) is 6.49. The van der Waals surface area contributed by atoms with Crippen LogP contribution in [0.1, 0.15) is 11.1 Å². The zero-order valence-electron chi connectivity index (χ0n) is 15.9. The van der Waals surface area contributed by atoms with Gasteiger partial charge in [-0.2, -0.15) is 0 Å². The van der Waals surface area contributed by atoms with Crippen molar-refractivity contribution < 1.29 is 18.4 Å². The lowest BCUT2D eigenvalue weighted by Gasteiger charge is -2.09. The fraction of sp³-hybridized carbons (Fsp3) is 0.0455. The number of carbonyl (C=O) groups excluding carboxylic acids is 1. The molecule has 3 aromatic carbocycles. The first-order valence-corrected chi connectivity index (χ1v) is 9.95. The number of benzene rings is 3. The number of hydrogen-bond acceptors (Lipinski definition) is 5. The number of fused-ring (bicyclic) bond motifs is 1. The normalized spacial score (nSPS) is 12.7. The van der Waals surface area contributed by atoms with Crippen molar-refractivity contribution in [3.8, 4) is 0 Å². The van der Waals surface area contributed by atoms with Gasteiger partial charge in [-0.25, -0.2) is 24.0 Å². The van der Waals surface area contributed by atoms with Gasteiger partial charge in [-0.05, 0) is 48.5 Å². The highest BCUT2D eigenvalue weighted by atomic mass is 79.9. The molecule has 0 saturated carbocycles. The molecule has 0 aromatic heterocycles. The van der Waals surface area contributed by atoms with Crippen LogP contribution >= 0.6 is 15.9 Å². The number of nitrogens with zero attached hydrogens (tertiary/aromatic N) is 2. The number of aliphatic imine (C=N–C) groups is 2. The van der Waals surface area contributed by atoms with E-state index in [1.165, 1.54) is 24.3 Å². The third kappa shape index (κ3) is 4.95. The van der Waals surface area contributed by atoms with E-state index in [-0.39, 0.29) is 18.1 Å². The molecule has 0 fully saturated rings. The highest BCUT2D eigenvalue weighted by Crippen LogP contribution is 2.29. The summed E-state index contributed by atoms with van der Waals surface area (Å²) < 4.78 is 28.5. The monoisotopic (exact) mass is 484 g/mol. The fourth-order valence-corrected chi connectivity index (χ4v) is 3.33. The van der Waals surface area contributed by atoms with E-state index in [0.29, 0.717) is 22.5 Å². The molecule has 1 aliphatic heterocycles. The first-order valence-electron chi connectivity index (χ1n) is 9.16. The second-order valence-corrected chi connectivity index (χ2v) is 7.41. The van der Waals surface area contributed by atoms with Crippen molar-refractivity contribution in [2.24, 2.45) is 9.98 Å². The number of nitrogens with one attached hydrogen (secondary N) is 2. The minimum Gasteiger partial charge on any atom is -0.323 e. The number of halogens is 3. The summed E-state index contributed by atoms with van der Waals surface area (Å²) in [4.78, 5) is 25.9. The quantitative estimate of drug-likeness (QED) is 0.480. The van der Waals surface area contributed by atoms with Gasteiger partial charge in [-0.1, -0.05) is 34.1 Å². The predicted molar refractivity (Wildman–Crippen MR) is 118 cm³/mol. The van der Waals surface area contributed by atoms with Crippen LogP contribution in [0.3, 0.4) is 0 Å². The van der Waals surface area contributed by atoms with E-state index in [1.54, 1.807) is 36.4 Å². The van der Waals surface area contributed by atoms with Crippen LogP contribution in [0.5, 0.6) is 0 Å². The lowest BCUT2D eigenvalue weighted by molar-refractivity contribution is 0.134. The molecule has 2 N–H and O–H groups in total. The van der Waals surface area contributed by atoms with E-state index in [0.717, 1.165) is 10.5 Å². The molecule has 0 atom stereocenters. The van der Waals surface area contributed by atoms with Gasteiger partial charge in [-0.15, -0.1) is 0 Å². The zero-order valence-corrected chi connectivity index (χ0v) is 17.5. The molecule has 156 valence electrons. The first-order chi connectivity index (χ1) is 15.0. The average molecular weight is 485 g/mol. The van der Waals surface area contributed by atoms with Gasteiger partial charge in [0.1, 0.15) is 18.2 Å². The maximum absolute atomic E-state index is 14.4. The van der Waals surface area contributed by atoms with Gasteiger partial charge < -0.3 is 4.84 Å². The van der Waals surface area contributed by atoms with Gasteiger partial charge in [0.15, 0.2) is 5.84 Å². The molecular weight excluding hydrogens is 470 g/mol. The summed E-state index contributed by atoms with van der Waals surface area (Å²) in [7, 11) is 0. The van der Waals surface area contributed by atoms with Crippen molar-refractivity contribution in [2.45, 2.75) is 0 Å². The van der Waals surface area contributed by atoms with E-state index < -0.39 is 17.7 Å². The molecule has 0 unspecified atom stereocenters. The van der Waals surface area contributed by atoms with E-state index in [1.807, 2.05) is 0 Å². The highest BCUT2D eigenvalue weighted by molar-refractivity contribution is 9.10. The number of hydroxylamine groups is 1. The number of anilines is 1. The van der Waals surface area contributed by atoms with Crippen molar-refractivity contribution in [3.63, 3.8) is 0 Å². The largest absolute Gasteiger partial charge is 0.435 e. The molecule has 1 heterocycles. The predicted octanol–water partition coefficient (Wildman–Crippen LogP) is 5.36. The summed E-state index contributed by atoms with van der Waals surface area (Å²) in [5, 5.41) is 2.40. The smallest absolute Gasteiger partial charge is 0.323 e. The van der Waals surface area contributed by atoms with Crippen LogP contribution in [0.2, 0.25) is 0 Å². The Hall–Kier alpha value is -3.59. The SMILES string of the molecule is O=C(Nc1cccc(F)c1)ONC1=Nc2ccc(Br)cc2C(c2ccccc2F)=NC1. The van der Waals surface area contributed by atoms with Crippen molar-refractivity contribution in [1.29, 1.82) is 0 Å². The standard InChI is InChI=1S/C22H15BrF2N4O2/c23-13-8-9-19-17(10-13)21(16-6-1-2-7-18(16)25)26-12-20(28-19)29-31-22(30)27-15-5-3-4-14(24)11-15/h1-11H,12H2,(H,27,30)(H,28,29). The Balaban J connectivity index is 1.56. The third-order valence-corrected chi connectivity index (χ3v) is 4.81. The van der Waals surface area contributed by atoms with Gasteiger partial charge >= 0.3 is 6.09 Å². The van der Waals surface area contributed by atoms with E-state index in [4.69, 9.17) is 4.84 Å². The molecule has 6 nitrogen and oxygen atoms in total. The van der Waals surface area contributed by atoms with E-state index >= 15 is 0 Å². The lowest BCUT2D eigenvalue weighted by atomic mass is 10.0. The van der Waals surface area contributed by atoms with Crippen molar-refractivity contribution in [1.82, 2.24) is 5.48 Å². The number of amides is 1. The first kappa shape index (κ1) is 20.7. The molecule has 0 saturated heterocycles. The molecule has 1 amide bonds. The summed E-state index contributed by atoms with van der Waals surface area (Å²) >= 11 is 3.42. The number of amidine groups is 1. The maximum Gasteiger partial charge on any atom is 0.435 e. The van der Waals surface area contributed by atoms with Crippen LogP contribution in [0.4, 0.5) is 25.0 Å². The Labute approximate surface area is 184 Å². The average Bonchev–Trinajstić information content (AvgIpc) is 2.92. The highest BCUT2D eigenvalue weighted by Gasteiger charge is 2.19. The van der Waals surface area contributed by atoms with Gasteiger partial charge in [-0.3, -0.25) is 10.3 Å². The Morgan fingerprint density at radius 1 is 1.00 bits per heavy atom. The Morgan fingerprint density at radius 3 is 2.65 bits per heavy atom. The van der Waals surface area contributed by atoms with Gasteiger partial charge in [0.2, 0.25) is 0 Å². The van der Waals surface area contributed by atoms with Gasteiger partial charge in [0.05, 0.1) is 11.4 Å². The zero-order chi connectivity index (χ0) is 21.8. The number of rotatable bonds is 2. The van der Waals surface area contributed by atoms with Crippen molar-refractivity contribution >= 4 is 44.9 Å². The lowest BCUT2D eigenvalue weighted by Crippen LogP contribution is -2.31. The third-order valence-electron chi connectivity index (χ3n) is 4.32. The van der Waals surface area contributed by atoms with Crippen LogP contribution in [0, 0.1) is 11.6 Å². The van der Waals surface area contributed by atoms with E-state index in [9.17, 15) is 13.6 Å². The molecule has 1 aliphatic rings. The summed E-state index contributed by atoms with van der Waals surface area (Å²) in [5.74, 6) is -0.657. The Bertz CT molecular complexity index is 1210. The number of hydrogen-bond donors (Lipinski definition) is 2. The molecule has 31 heavy (non-hydrogen) atoms. The van der Waals surface area contributed by atoms with Crippen LogP contribution in [0.25, 0.3) is 0 Å². The van der Waals surface area contributed by atoms with Crippen LogP contribution in [0.15, 0.2) is 81.2 Å². The Kier molecular flexibility index (Phi) is 6.03. The van der Waals surface area contributed by atoms with Gasteiger partial charge in [0.25, 0.3) is 0 Å². The topological polar surface area (TPSA) is 75.1 Å². The molecule has 9 heteroatoms. The molecule has 0 radical (unpaired) electrons. The molecule has 4 rings (SSSR count). The Morgan fingerprint density at radius 2 is 1.84 bits per heavy atom. The molecule has 0 aliphatic carbocycles. The fourth-order valence-electron chi connectivity index (χ4n) is 2.97. The summed E-state index contributed by atoms with van der Waals surface area (Å²) in [5.41, 5.74) is 4.63. The molecule has 0 bridgehead atoms. The van der Waals surface area contributed by atoms with Crippen LogP contribution in [-0.2, 0) is 4.84 Å². The van der Waals surface area contributed by atoms with E-state index in [2.05, 4.69) is 36.7 Å². The maximum atomic E-state index is 14.4. The summed E-state index contributed by atoms with van der Waals surface area (Å²) in [6.45, 7) is 0.0171. The number of carbonyl (C=O) groups is 1. The van der Waals surface area contributed by atoms with Crippen molar-refractivity contribution in [2.75, 3.05) is 11.9 Å². The van der Waals surface area contributed by atoms with Crippen LogP contribution in [-0.4, -0.2) is 24.2 Å². The second kappa shape index (κ2) is 9.05. The minimum atomic E-state index is -0.855. The molecular formula is C22H15BrF2N4O2. The van der Waals surface area contributed by atoms with Gasteiger partial charge in [0, 0.05) is 21.3 Å². The minimum absolute atomic E-state index is 0.0171. The van der Waals surface area contributed by atoms with Crippen molar-refractivity contribution in [3.05, 3.63) is 94.0 Å². The summed E-state index contributed by atoms with van der Waals surface area (Å²) in [6.07, 6.45) is -0.855.